The first-order valence-electron chi connectivity index (χ1n) is 6.29. The Kier molecular flexibility index (Phi) is 5.98. The van der Waals surface area contributed by atoms with E-state index in [2.05, 4.69) is 60.3 Å². The van der Waals surface area contributed by atoms with Crippen molar-refractivity contribution in [2.45, 2.75) is 19.8 Å². The highest BCUT2D eigenvalue weighted by Crippen LogP contribution is 2.14. The van der Waals surface area contributed by atoms with Crippen LogP contribution in [0.3, 0.4) is 0 Å². The molecule has 0 saturated heterocycles. The molecule has 98 valence electrons. The first-order valence-corrected chi connectivity index (χ1v) is 6.29. The summed E-state index contributed by atoms with van der Waals surface area (Å²) in [5.74, 6) is 1.27. The summed E-state index contributed by atoms with van der Waals surface area (Å²) >= 11 is 0. The van der Waals surface area contributed by atoms with Crippen LogP contribution in [0, 0.1) is 6.92 Å². The predicted molar refractivity (Wildman–Crippen MR) is 79.2 cm³/mol. The average molecular weight is 245 g/mol. The number of aryl methyl sites for hydroxylation is 1. The molecule has 0 spiro atoms. The third kappa shape index (κ3) is 4.62. The van der Waals surface area contributed by atoms with Crippen LogP contribution in [-0.2, 0) is 0 Å². The molecule has 18 heavy (non-hydrogen) atoms. The molecule has 2 N–H and O–H groups in total. The SMILES string of the molecule is C=CCNC(=NC)NCC(C)c1ccc(C)cc1. The van der Waals surface area contributed by atoms with E-state index in [9.17, 15) is 0 Å². The van der Waals surface area contributed by atoms with Gasteiger partial charge in [-0.25, -0.2) is 0 Å². The number of guanidine groups is 1. The lowest BCUT2D eigenvalue weighted by atomic mass is 10.0. The van der Waals surface area contributed by atoms with Gasteiger partial charge in [0.2, 0.25) is 0 Å². The Morgan fingerprint density at radius 2 is 2.00 bits per heavy atom. The molecule has 1 atom stereocenters. The van der Waals surface area contributed by atoms with E-state index in [-0.39, 0.29) is 0 Å². The number of aliphatic imine (C=N–C) groups is 1. The van der Waals surface area contributed by atoms with Crippen molar-refractivity contribution in [2.24, 2.45) is 4.99 Å². The molecule has 0 saturated carbocycles. The fourth-order valence-electron chi connectivity index (χ4n) is 1.65. The summed E-state index contributed by atoms with van der Waals surface area (Å²) in [5.41, 5.74) is 2.63. The van der Waals surface area contributed by atoms with Crippen LogP contribution in [0.5, 0.6) is 0 Å². The van der Waals surface area contributed by atoms with Crippen LogP contribution in [0.15, 0.2) is 41.9 Å². The zero-order chi connectivity index (χ0) is 13.4. The molecular formula is C15H23N3. The second-order valence-corrected chi connectivity index (χ2v) is 4.43. The monoisotopic (exact) mass is 245 g/mol. The Hall–Kier alpha value is -1.77. The minimum atomic E-state index is 0.452. The quantitative estimate of drug-likeness (QED) is 0.475. The number of benzene rings is 1. The van der Waals surface area contributed by atoms with Gasteiger partial charge in [0.05, 0.1) is 0 Å². The van der Waals surface area contributed by atoms with Crippen LogP contribution >= 0.6 is 0 Å². The first-order chi connectivity index (χ1) is 8.67. The standard InChI is InChI=1S/C15H23N3/c1-5-10-17-15(16-4)18-11-13(3)14-8-6-12(2)7-9-14/h5-9,13H,1,10-11H2,2-4H3,(H2,16,17,18). The van der Waals surface area contributed by atoms with Crippen LogP contribution in [-0.4, -0.2) is 26.1 Å². The van der Waals surface area contributed by atoms with E-state index in [1.54, 1.807) is 7.05 Å². The fraction of sp³-hybridized carbons (Fsp3) is 0.400. The van der Waals surface area contributed by atoms with Crippen LogP contribution in [0.4, 0.5) is 0 Å². The zero-order valence-electron chi connectivity index (χ0n) is 11.5. The molecular weight excluding hydrogens is 222 g/mol. The van der Waals surface area contributed by atoms with Gasteiger partial charge in [-0.2, -0.15) is 0 Å². The average Bonchev–Trinajstić information content (AvgIpc) is 2.39. The second-order valence-electron chi connectivity index (χ2n) is 4.43. The Morgan fingerprint density at radius 3 is 2.56 bits per heavy atom. The lowest BCUT2D eigenvalue weighted by molar-refractivity contribution is 0.705. The maximum atomic E-state index is 4.15. The minimum absolute atomic E-state index is 0.452. The number of hydrogen-bond donors (Lipinski definition) is 2. The van der Waals surface area contributed by atoms with Gasteiger partial charge >= 0.3 is 0 Å². The van der Waals surface area contributed by atoms with Crippen molar-refractivity contribution < 1.29 is 0 Å². The molecule has 0 aliphatic heterocycles. The number of hydrogen-bond acceptors (Lipinski definition) is 1. The van der Waals surface area contributed by atoms with Crippen LogP contribution in [0.1, 0.15) is 24.0 Å². The first kappa shape index (κ1) is 14.3. The van der Waals surface area contributed by atoms with Gasteiger partial charge in [-0.3, -0.25) is 4.99 Å². The molecule has 0 aliphatic rings. The van der Waals surface area contributed by atoms with Crippen molar-refractivity contribution in [1.82, 2.24) is 10.6 Å². The van der Waals surface area contributed by atoms with Crippen molar-refractivity contribution in [2.75, 3.05) is 20.1 Å². The molecule has 0 heterocycles. The molecule has 0 aromatic heterocycles. The van der Waals surface area contributed by atoms with Gasteiger partial charge in [0.15, 0.2) is 5.96 Å². The Balaban J connectivity index is 2.47. The predicted octanol–water partition coefficient (Wildman–Crippen LogP) is 2.45. The Bertz CT molecular complexity index is 393. The van der Waals surface area contributed by atoms with Crippen molar-refractivity contribution >= 4 is 5.96 Å². The van der Waals surface area contributed by atoms with Gasteiger partial charge in [0, 0.05) is 20.1 Å². The molecule has 1 rings (SSSR count). The number of nitrogens with one attached hydrogen (secondary N) is 2. The lowest BCUT2D eigenvalue weighted by Gasteiger charge is -2.16. The number of rotatable bonds is 5. The Labute approximate surface area is 110 Å². The molecule has 0 radical (unpaired) electrons. The van der Waals surface area contributed by atoms with Crippen LogP contribution in [0.2, 0.25) is 0 Å². The van der Waals surface area contributed by atoms with E-state index in [1.165, 1.54) is 11.1 Å². The van der Waals surface area contributed by atoms with Crippen LogP contribution < -0.4 is 10.6 Å². The highest BCUT2D eigenvalue weighted by molar-refractivity contribution is 5.79. The summed E-state index contributed by atoms with van der Waals surface area (Å²) in [6.07, 6.45) is 1.82. The Morgan fingerprint density at radius 1 is 1.33 bits per heavy atom. The summed E-state index contributed by atoms with van der Waals surface area (Å²) in [7, 11) is 1.77. The topological polar surface area (TPSA) is 36.4 Å². The third-order valence-corrected chi connectivity index (χ3v) is 2.86. The summed E-state index contributed by atoms with van der Waals surface area (Å²) in [4.78, 5) is 4.15. The van der Waals surface area contributed by atoms with Gasteiger partial charge in [0.25, 0.3) is 0 Å². The van der Waals surface area contributed by atoms with E-state index < -0.39 is 0 Å². The van der Waals surface area contributed by atoms with E-state index >= 15 is 0 Å². The minimum Gasteiger partial charge on any atom is -0.356 e. The smallest absolute Gasteiger partial charge is 0.191 e. The highest BCUT2D eigenvalue weighted by Gasteiger charge is 2.05. The van der Waals surface area contributed by atoms with E-state index in [0.717, 1.165) is 19.0 Å². The van der Waals surface area contributed by atoms with Crippen molar-refractivity contribution in [1.29, 1.82) is 0 Å². The van der Waals surface area contributed by atoms with Gasteiger partial charge in [0.1, 0.15) is 0 Å². The van der Waals surface area contributed by atoms with Gasteiger partial charge in [-0.05, 0) is 18.4 Å². The van der Waals surface area contributed by atoms with Crippen molar-refractivity contribution in [3.8, 4) is 0 Å². The second kappa shape index (κ2) is 7.54. The normalized spacial score (nSPS) is 12.9. The van der Waals surface area contributed by atoms with Crippen LogP contribution in [0.25, 0.3) is 0 Å². The molecule has 3 nitrogen and oxygen atoms in total. The summed E-state index contributed by atoms with van der Waals surface area (Å²) in [5, 5.41) is 6.46. The largest absolute Gasteiger partial charge is 0.356 e. The van der Waals surface area contributed by atoms with Gasteiger partial charge < -0.3 is 10.6 Å². The summed E-state index contributed by atoms with van der Waals surface area (Å²) in [6, 6.07) is 8.66. The molecule has 1 aromatic carbocycles. The van der Waals surface area contributed by atoms with E-state index in [4.69, 9.17) is 0 Å². The molecule has 0 aliphatic carbocycles. The number of nitrogens with zero attached hydrogens (tertiary/aromatic N) is 1. The fourth-order valence-corrected chi connectivity index (χ4v) is 1.65. The lowest BCUT2D eigenvalue weighted by Crippen LogP contribution is -2.39. The van der Waals surface area contributed by atoms with Gasteiger partial charge in [-0.1, -0.05) is 42.8 Å². The van der Waals surface area contributed by atoms with Crippen molar-refractivity contribution in [3.05, 3.63) is 48.0 Å². The molecule has 0 bridgehead atoms. The van der Waals surface area contributed by atoms with E-state index in [0.29, 0.717) is 5.92 Å². The summed E-state index contributed by atoms with van der Waals surface area (Å²) in [6.45, 7) is 9.57. The molecule has 1 aromatic rings. The molecule has 0 fully saturated rings. The maximum absolute atomic E-state index is 4.15. The van der Waals surface area contributed by atoms with Gasteiger partial charge in [-0.15, -0.1) is 6.58 Å². The molecule has 0 amide bonds. The highest BCUT2D eigenvalue weighted by atomic mass is 15.2. The van der Waals surface area contributed by atoms with E-state index in [1.807, 2.05) is 6.08 Å². The molecule has 1 unspecified atom stereocenters. The maximum Gasteiger partial charge on any atom is 0.191 e. The zero-order valence-corrected chi connectivity index (χ0v) is 11.5. The summed E-state index contributed by atoms with van der Waals surface area (Å²) < 4.78 is 0. The molecule has 3 heteroatoms. The van der Waals surface area contributed by atoms with Crippen molar-refractivity contribution in [3.63, 3.8) is 0 Å². The third-order valence-electron chi connectivity index (χ3n) is 2.86.